The lowest BCUT2D eigenvalue weighted by atomic mass is 9.85. The maximum absolute atomic E-state index is 5.80. The Morgan fingerprint density at radius 3 is 2.57 bits per heavy atom. The summed E-state index contributed by atoms with van der Waals surface area (Å²) in [5.74, 6) is 0.844. The van der Waals surface area contributed by atoms with Crippen LogP contribution in [0.25, 0.3) is 0 Å². The lowest BCUT2D eigenvalue weighted by Crippen LogP contribution is -2.22. The van der Waals surface area contributed by atoms with E-state index in [4.69, 9.17) is 10.5 Å². The van der Waals surface area contributed by atoms with Crippen LogP contribution >= 0.6 is 0 Å². The zero-order valence-electron chi connectivity index (χ0n) is 14.3. The van der Waals surface area contributed by atoms with Crippen LogP contribution in [-0.2, 0) is 18.5 Å². The Morgan fingerprint density at radius 2 is 1.83 bits per heavy atom. The van der Waals surface area contributed by atoms with Crippen molar-refractivity contribution in [3.8, 4) is 5.75 Å². The van der Waals surface area contributed by atoms with Crippen molar-refractivity contribution in [1.29, 1.82) is 0 Å². The van der Waals surface area contributed by atoms with Gasteiger partial charge in [-0.25, -0.2) is 0 Å². The molecule has 23 heavy (non-hydrogen) atoms. The number of hydrogen-bond donors (Lipinski definition) is 1. The van der Waals surface area contributed by atoms with Gasteiger partial charge in [0.1, 0.15) is 12.4 Å². The van der Waals surface area contributed by atoms with Crippen molar-refractivity contribution in [3.05, 3.63) is 59.2 Å². The number of benzene rings is 2. The number of nitrogens with zero attached hydrogens (tertiary/aromatic N) is 1. The average Bonchev–Trinajstić information content (AvgIpc) is 2.88. The van der Waals surface area contributed by atoms with Gasteiger partial charge in [-0.3, -0.25) is 4.90 Å². The highest BCUT2D eigenvalue weighted by atomic mass is 16.5. The van der Waals surface area contributed by atoms with Gasteiger partial charge < -0.3 is 10.5 Å². The second kappa shape index (κ2) is 6.25. The zero-order chi connectivity index (χ0) is 16.4. The topological polar surface area (TPSA) is 38.5 Å². The zero-order valence-corrected chi connectivity index (χ0v) is 14.3. The normalized spacial score (nSPS) is 14.7. The first-order valence-corrected chi connectivity index (χ1v) is 8.25. The molecule has 0 radical (unpaired) electrons. The molecule has 3 heteroatoms. The average molecular weight is 310 g/mol. The van der Waals surface area contributed by atoms with Crippen LogP contribution in [0.2, 0.25) is 0 Å². The Hall–Kier alpha value is -2.00. The van der Waals surface area contributed by atoms with Gasteiger partial charge in [0.05, 0.1) is 0 Å². The number of rotatable bonds is 4. The minimum atomic E-state index is 0.207. The van der Waals surface area contributed by atoms with Crippen molar-refractivity contribution >= 4 is 5.69 Å². The lowest BCUT2D eigenvalue weighted by molar-refractivity contribution is 0.211. The van der Waals surface area contributed by atoms with E-state index in [1.165, 1.54) is 16.7 Å². The lowest BCUT2D eigenvalue weighted by Gasteiger charge is -2.19. The molecule has 2 N–H and O–H groups in total. The molecule has 0 amide bonds. The van der Waals surface area contributed by atoms with E-state index in [0.717, 1.165) is 31.1 Å². The predicted octanol–water partition coefficient (Wildman–Crippen LogP) is 3.96. The summed E-state index contributed by atoms with van der Waals surface area (Å²) in [7, 11) is 0. The van der Waals surface area contributed by atoms with Crippen molar-refractivity contribution in [2.24, 2.45) is 0 Å². The highest BCUT2D eigenvalue weighted by Gasteiger charge is 2.21. The summed E-state index contributed by atoms with van der Waals surface area (Å²) in [6.45, 7) is 10.4. The monoisotopic (exact) mass is 310 g/mol. The van der Waals surface area contributed by atoms with Crippen molar-refractivity contribution < 1.29 is 4.74 Å². The number of nitrogens with two attached hydrogens (primary N) is 1. The quantitative estimate of drug-likeness (QED) is 0.869. The van der Waals surface area contributed by atoms with Crippen LogP contribution in [0.15, 0.2) is 42.5 Å². The third kappa shape index (κ3) is 3.85. The van der Waals surface area contributed by atoms with Gasteiger partial charge in [0, 0.05) is 31.4 Å². The van der Waals surface area contributed by atoms with Gasteiger partial charge in [-0.05, 0) is 34.2 Å². The van der Waals surface area contributed by atoms with Gasteiger partial charge in [0.2, 0.25) is 0 Å². The molecule has 122 valence electrons. The number of anilines is 1. The first kappa shape index (κ1) is 15.9. The van der Waals surface area contributed by atoms with Crippen LogP contribution in [0.5, 0.6) is 5.75 Å². The van der Waals surface area contributed by atoms with E-state index in [9.17, 15) is 0 Å². The summed E-state index contributed by atoms with van der Waals surface area (Å²) in [6.07, 6.45) is 0. The summed E-state index contributed by atoms with van der Waals surface area (Å²) in [5, 5.41) is 0. The van der Waals surface area contributed by atoms with E-state index in [1.807, 2.05) is 24.3 Å². The summed E-state index contributed by atoms with van der Waals surface area (Å²) in [6, 6.07) is 14.5. The first-order valence-electron chi connectivity index (χ1n) is 8.25. The third-order valence-electron chi connectivity index (χ3n) is 4.39. The molecule has 0 atom stereocenters. The van der Waals surface area contributed by atoms with Gasteiger partial charge in [0.25, 0.3) is 0 Å². The fraction of sp³-hybridized carbons (Fsp3) is 0.400. The van der Waals surface area contributed by atoms with Crippen molar-refractivity contribution in [2.45, 2.75) is 39.3 Å². The first-order chi connectivity index (χ1) is 10.9. The van der Waals surface area contributed by atoms with Crippen LogP contribution in [-0.4, -0.2) is 18.1 Å². The molecule has 1 heterocycles. The fourth-order valence-electron chi connectivity index (χ4n) is 2.99. The largest absolute Gasteiger partial charge is 0.492 e. The van der Waals surface area contributed by atoms with Gasteiger partial charge in [-0.1, -0.05) is 45.0 Å². The summed E-state index contributed by atoms with van der Waals surface area (Å²) in [4.78, 5) is 2.43. The van der Waals surface area contributed by atoms with Crippen molar-refractivity contribution in [3.63, 3.8) is 0 Å². The van der Waals surface area contributed by atoms with Gasteiger partial charge in [0.15, 0.2) is 0 Å². The van der Waals surface area contributed by atoms with E-state index in [2.05, 4.69) is 43.9 Å². The van der Waals surface area contributed by atoms with E-state index in [1.54, 1.807) is 0 Å². The van der Waals surface area contributed by atoms with E-state index in [-0.39, 0.29) is 5.41 Å². The molecule has 0 bridgehead atoms. The fourth-order valence-corrected chi connectivity index (χ4v) is 2.99. The Morgan fingerprint density at radius 1 is 1.04 bits per heavy atom. The number of ether oxygens (including phenoxy) is 1. The summed E-state index contributed by atoms with van der Waals surface area (Å²) < 4.78 is 5.80. The molecule has 1 aliphatic rings. The molecule has 0 aromatic heterocycles. The standard InChI is InChI=1S/C20H26N2O/c1-20(2,3)17-8-7-15-13-22(14-16(15)11-17)9-10-23-19-6-4-5-18(21)12-19/h4-8,11-12H,9-10,13-14,21H2,1-3H3. The van der Waals surface area contributed by atoms with Crippen LogP contribution in [0, 0.1) is 0 Å². The Balaban J connectivity index is 1.55. The van der Waals surface area contributed by atoms with E-state index in [0.29, 0.717) is 6.61 Å². The van der Waals surface area contributed by atoms with E-state index >= 15 is 0 Å². The molecule has 1 aliphatic heterocycles. The second-order valence-corrected chi connectivity index (χ2v) is 7.37. The molecule has 0 unspecified atom stereocenters. The third-order valence-corrected chi connectivity index (χ3v) is 4.39. The predicted molar refractivity (Wildman–Crippen MR) is 95.6 cm³/mol. The minimum Gasteiger partial charge on any atom is -0.492 e. The molecule has 3 nitrogen and oxygen atoms in total. The molecule has 2 aromatic rings. The Labute approximate surface area is 139 Å². The van der Waals surface area contributed by atoms with Gasteiger partial charge in [-0.2, -0.15) is 0 Å². The van der Waals surface area contributed by atoms with Gasteiger partial charge >= 0.3 is 0 Å². The number of fused-ring (bicyclic) bond motifs is 1. The molecule has 0 aliphatic carbocycles. The smallest absolute Gasteiger partial charge is 0.121 e. The van der Waals surface area contributed by atoms with Crippen LogP contribution < -0.4 is 10.5 Å². The molecule has 0 spiro atoms. The van der Waals surface area contributed by atoms with Crippen LogP contribution in [0.3, 0.4) is 0 Å². The summed E-state index contributed by atoms with van der Waals surface area (Å²) >= 11 is 0. The molecule has 2 aromatic carbocycles. The van der Waals surface area contributed by atoms with E-state index < -0.39 is 0 Å². The highest BCUT2D eigenvalue weighted by molar-refractivity contribution is 5.43. The summed E-state index contributed by atoms with van der Waals surface area (Å²) in [5.41, 5.74) is 11.0. The molecule has 3 rings (SSSR count). The Bertz CT molecular complexity index is 688. The SMILES string of the molecule is CC(C)(C)c1ccc2c(c1)CN(CCOc1cccc(N)c1)C2. The maximum atomic E-state index is 5.80. The molecular weight excluding hydrogens is 284 g/mol. The highest BCUT2D eigenvalue weighted by Crippen LogP contribution is 2.29. The molecule has 0 saturated carbocycles. The van der Waals surface area contributed by atoms with Crippen LogP contribution in [0.4, 0.5) is 5.69 Å². The minimum absolute atomic E-state index is 0.207. The maximum Gasteiger partial charge on any atom is 0.121 e. The second-order valence-electron chi connectivity index (χ2n) is 7.37. The van der Waals surface area contributed by atoms with Crippen molar-refractivity contribution in [2.75, 3.05) is 18.9 Å². The van der Waals surface area contributed by atoms with Crippen LogP contribution in [0.1, 0.15) is 37.5 Å². The molecular formula is C20H26N2O. The molecule has 0 fully saturated rings. The Kier molecular flexibility index (Phi) is 4.31. The number of hydrogen-bond acceptors (Lipinski definition) is 3. The van der Waals surface area contributed by atoms with Gasteiger partial charge in [-0.15, -0.1) is 0 Å². The number of nitrogen functional groups attached to an aromatic ring is 1. The molecule has 0 saturated heterocycles. The van der Waals surface area contributed by atoms with Crippen molar-refractivity contribution in [1.82, 2.24) is 4.90 Å².